The number of hydrogen-bond donors (Lipinski definition) is 4. The monoisotopic (exact) mass is 220 g/mol. The summed E-state index contributed by atoms with van der Waals surface area (Å²) in [6.07, 6.45) is 0. The highest BCUT2D eigenvalue weighted by atomic mass is 16.5. The van der Waals surface area contributed by atoms with Crippen LogP contribution in [0.5, 0.6) is 0 Å². The Kier molecular flexibility index (Phi) is 2.29. The number of hydrogen-bond acceptors (Lipinski definition) is 5. The van der Waals surface area contributed by atoms with Gasteiger partial charge in [-0.15, -0.1) is 0 Å². The number of nitrogens with zero attached hydrogens (tertiary/aromatic N) is 1. The molecule has 1 aromatic carbocycles. The molecular formula is C9H8N4O3. The van der Waals surface area contributed by atoms with Crippen molar-refractivity contribution in [1.29, 1.82) is 0 Å². The van der Waals surface area contributed by atoms with E-state index in [9.17, 15) is 9.59 Å². The molecule has 82 valence electrons. The Morgan fingerprint density at radius 3 is 2.94 bits per heavy atom. The maximum Gasteiger partial charge on any atom is 0.274 e. The first-order chi connectivity index (χ1) is 7.61. The van der Waals surface area contributed by atoms with Crippen LogP contribution in [0.1, 0.15) is 10.4 Å². The first kappa shape index (κ1) is 10.1. The fraction of sp³-hybridized carbons (Fsp3) is 0. The number of anilines is 1. The molecule has 7 nitrogen and oxygen atoms in total. The zero-order valence-electron chi connectivity index (χ0n) is 8.02. The predicted octanol–water partition coefficient (Wildman–Crippen LogP) is -0.376. The number of amides is 1. The largest absolute Gasteiger partial charge is 0.369 e. The van der Waals surface area contributed by atoms with Crippen molar-refractivity contribution in [3.8, 4) is 0 Å². The summed E-state index contributed by atoms with van der Waals surface area (Å²) in [5, 5.41) is 8.78. The van der Waals surface area contributed by atoms with Crippen molar-refractivity contribution in [2.75, 3.05) is 5.73 Å². The summed E-state index contributed by atoms with van der Waals surface area (Å²) >= 11 is 0. The van der Waals surface area contributed by atoms with E-state index in [1.54, 1.807) is 0 Å². The van der Waals surface area contributed by atoms with Crippen molar-refractivity contribution >= 4 is 22.8 Å². The SMILES string of the molecule is Nc1nc2cc(C(=O)NO)ccc2c(=O)[nH]1. The Bertz CT molecular complexity index is 620. The minimum absolute atomic E-state index is 0.0287. The van der Waals surface area contributed by atoms with Crippen LogP contribution < -0.4 is 16.8 Å². The molecule has 0 aliphatic carbocycles. The summed E-state index contributed by atoms with van der Waals surface area (Å²) in [5.41, 5.74) is 6.96. The van der Waals surface area contributed by atoms with E-state index in [0.717, 1.165) is 0 Å². The minimum Gasteiger partial charge on any atom is -0.369 e. The summed E-state index contributed by atoms with van der Waals surface area (Å²) in [6.45, 7) is 0. The van der Waals surface area contributed by atoms with Crippen molar-refractivity contribution in [3.63, 3.8) is 0 Å². The van der Waals surface area contributed by atoms with Gasteiger partial charge in [-0.2, -0.15) is 0 Å². The van der Waals surface area contributed by atoms with Gasteiger partial charge in [0.25, 0.3) is 11.5 Å². The molecule has 0 saturated carbocycles. The fourth-order valence-corrected chi connectivity index (χ4v) is 1.36. The Morgan fingerprint density at radius 2 is 2.25 bits per heavy atom. The lowest BCUT2D eigenvalue weighted by molar-refractivity contribution is 0.0706. The van der Waals surface area contributed by atoms with Crippen molar-refractivity contribution in [3.05, 3.63) is 34.1 Å². The van der Waals surface area contributed by atoms with E-state index in [2.05, 4.69) is 9.97 Å². The van der Waals surface area contributed by atoms with Gasteiger partial charge in [0.1, 0.15) is 0 Å². The van der Waals surface area contributed by atoms with E-state index in [1.165, 1.54) is 23.7 Å². The Hall–Kier alpha value is -2.41. The van der Waals surface area contributed by atoms with Crippen LogP contribution in [0.2, 0.25) is 0 Å². The van der Waals surface area contributed by atoms with Crippen LogP contribution in [0.3, 0.4) is 0 Å². The van der Waals surface area contributed by atoms with Gasteiger partial charge in [-0.3, -0.25) is 19.8 Å². The molecule has 5 N–H and O–H groups in total. The average molecular weight is 220 g/mol. The van der Waals surface area contributed by atoms with Crippen molar-refractivity contribution in [2.24, 2.45) is 0 Å². The number of fused-ring (bicyclic) bond motifs is 1. The molecule has 7 heteroatoms. The number of nitrogens with one attached hydrogen (secondary N) is 2. The molecule has 0 radical (unpaired) electrons. The molecule has 0 aliphatic heterocycles. The molecular weight excluding hydrogens is 212 g/mol. The number of aromatic nitrogens is 2. The normalized spacial score (nSPS) is 10.3. The van der Waals surface area contributed by atoms with E-state index in [-0.39, 0.29) is 17.1 Å². The van der Waals surface area contributed by atoms with E-state index in [4.69, 9.17) is 10.9 Å². The molecule has 1 amide bonds. The van der Waals surface area contributed by atoms with Gasteiger partial charge in [0.05, 0.1) is 10.9 Å². The third kappa shape index (κ3) is 1.59. The molecule has 16 heavy (non-hydrogen) atoms. The minimum atomic E-state index is -0.678. The summed E-state index contributed by atoms with van der Waals surface area (Å²) < 4.78 is 0. The molecule has 0 bridgehead atoms. The van der Waals surface area contributed by atoms with Crippen LogP contribution in [-0.4, -0.2) is 21.1 Å². The summed E-state index contributed by atoms with van der Waals surface area (Å²) in [6, 6.07) is 4.21. The number of H-pyrrole nitrogens is 1. The highest BCUT2D eigenvalue weighted by Gasteiger charge is 2.07. The van der Waals surface area contributed by atoms with Gasteiger partial charge in [-0.1, -0.05) is 0 Å². The molecule has 0 atom stereocenters. The van der Waals surface area contributed by atoms with Gasteiger partial charge in [-0.25, -0.2) is 10.5 Å². The number of nitrogen functional groups attached to an aromatic ring is 1. The van der Waals surface area contributed by atoms with E-state index in [1.807, 2.05) is 0 Å². The molecule has 0 spiro atoms. The van der Waals surface area contributed by atoms with Crippen LogP contribution in [0, 0.1) is 0 Å². The predicted molar refractivity (Wildman–Crippen MR) is 56.0 cm³/mol. The van der Waals surface area contributed by atoms with Crippen molar-refractivity contribution < 1.29 is 10.0 Å². The van der Waals surface area contributed by atoms with Crippen molar-refractivity contribution in [1.82, 2.24) is 15.4 Å². The molecule has 1 aromatic heterocycles. The number of benzene rings is 1. The van der Waals surface area contributed by atoms with Crippen LogP contribution in [-0.2, 0) is 0 Å². The smallest absolute Gasteiger partial charge is 0.274 e. The molecule has 0 unspecified atom stereocenters. The van der Waals surface area contributed by atoms with Gasteiger partial charge < -0.3 is 5.73 Å². The summed E-state index contributed by atoms with van der Waals surface area (Å²) in [5.74, 6) is -0.707. The van der Waals surface area contributed by atoms with E-state index in [0.29, 0.717) is 10.9 Å². The Morgan fingerprint density at radius 1 is 1.50 bits per heavy atom. The lowest BCUT2D eigenvalue weighted by atomic mass is 10.1. The first-order valence-electron chi connectivity index (χ1n) is 4.36. The topological polar surface area (TPSA) is 121 Å². The molecule has 0 fully saturated rings. The van der Waals surface area contributed by atoms with Gasteiger partial charge in [0.2, 0.25) is 5.95 Å². The zero-order valence-corrected chi connectivity index (χ0v) is 8.02. The second kappa shape index (κ2) is 3.63. The number of rotatable bonds is 1. The van der Waals surface area contributed by atoms with Gasteiger partial charge in [-0.05, 0) is 18.2 Å². The number of carbonyl (C=O) groups excluding carboxylic acids is 1. The third-order valence-corrected chi connectivity index (χ3v) is 2.09. The third-order valence-electron chi connectivity index (χ3n) is 2.09. The van der Waals surface area contributed by atoms with Gasteiger partial charge in [0.15, 0.2) is 0 Å². The Balaban J connectivity index is 2.71. The average Bonchev–Trinajstić information content (AvgIpc) is 2.27. The standard InChI is InChI=1S/C9H8N4O3/c10-9-11-6-3-4(7(14)13-16)1-2-5(6)8(15)12-9/h1-3,16H,(H,13,14)(H3,10,11,12,15). The summed E-state index contributed by atoms with van der Waals surface area (Å²) in [7, 11) is 0. The Labute approximate surface area is 88.9 Å². The molecule has 2 aromatic rings. The first-order valence-corrected chi connectivity index (χ1v) is 4.36. The number of nitrogens with two attached hydrogens (primary N) is 1. The second-order valence-electron chi connectivity index (χ2n) is 3.12. The molecule has 2 rings (SSSR count). The maximum absolute atomic E-state index is 11.4. The lowest BCUT2D eigenvalue weighted by Crippen LogP contribution is -2.19. The number of aromatic amines is 1. The number of hydroxylamine groups is 1. The highest BCUT2D eigenvalue weighted by Crippen LogP contribution is 2.10. The quantitative estimate of drug-likeness (QED) is 0.385. The van der Waals surface area contributed by atoms with Gasteiger partial charge in [0, 0.05) is 5.56 Å². The maximum atomic E-state index is 11.4. The van der Waals surface area contributed by atoms with Gasteiger partial charge >= 0.3 is 0 Å². The molecule has 0 aliphatic rings. The van der Waals surface area contributed by atoms with Crippen LogP contribution >= 0.6 is 0 Å². The summed E-state index contributed by atoms with van der Waals surface area (Å²) in [4.78, 5) is 28.8. The van der Waals surface area contributed by atoms with Crippen LogP contribution in [0.4, 0.5) is 5.95 Å². The fourth-order valence-electron chi connectivity index (χ4n) is 1.36. The van der Waals surface area contributed by atoms with E-state index >= 15 is 0 Å². The molecule has 1 heterocycles. The van der Waals surface area contributed by atoms with Crippen molar-refractivity contribution in [2.45, 2.75) is 0 Å². The lowest BCUT2D eigenvalue weighted by Gasteiger charge is -2.01. The number of carbonyl (C=O) groups is 1. The van der Waals surface area contributed by atoms with E-state index < -0.39 is 5.91 Å². The zero-order chi connectivity index (χ0) is 11.7. The molecule has 0 saturated heterocycles. The van der Waals surface area contributed by atoms with Crippen LogP contribution in [0.25, 0.3) is 10.9 Å². The van der Waals surface area contributed by atoms with Crippen LogP contribution in [0.15, 0.2) is 23.0 Å². The second-order valence-corrected chi connectivity index (χ2v) is 3.12. The highest BCUT2D eigenvalue weighted by molar-refractivity contribution is 5.97.